The highest BCUT2D eigenvalue weighted by Gasteiger charge is 2.25. The molecule has 0 bridgehead atoms. The van der Waals surface area contributed by atoms with Crippen LogP contribution in [-0.4, -0.2) is 37.0 Å². The van der Waals surface area contributed by atoms with E-state index in [2.05, 4.69) is 12.1 Å². The van der Waals surface area contributed by atoms with Gasteiger partial charge < -0.3 is 19.0 Å². The van der Waals surface area contributed by atoms with E-state index in [-0.39, 0.29) is 5.91 Å². The van der Waals surface area contributed by atoms with E-state index in [1.165, 1.54) is 10.5 Å². The summed E-state index contributed by atoms with van der Waals surface area (Å²) < 4.78 is 11.1. The first-order chi connectivity index (χ1) is 13.3. The van der Waals surface area contributed by atoms with Crippen LogP contribution in [0.3, 0.4) is 0 Å². The van der Waals surface area contributed by atoms with Crippen molar-refractivity contribution in [1.82, 2.24) is 4.90 Å². The highest BCUT2D eigenvalue weighted by atomic mass is 16.5. The lowest BCUT2D eigenvalue weighted by Gasteiger charge is -2.31. The van der Waals surface area contributed by atoms with Gasteiger partial charge in [0.1, 0.15) is 18.0 Å². The van der Waals surface area contributed by atoms with Gasteiger partial charge in [-0.2, -0.15) is 0 Å². The van der Waals surface area contributed by atoms with Gasteiger partial charge in [-0.3, -0.25) is 4.79 Å². The molecule has 1 aliphatic heterocycles. The Balaban J connectivity index is 1.32. The molecule has 5 nitrogen and oxygen atoms in total. The minimum Gasteiger partial charge on any atom is -0.459 e. The lowest BCUT2D eigenvalue weighted by atomic mass is 10.2. The summed E-state index contributed by atoms with van der Waals surface area (Å²) in [5.74, 6) is 2.10. The molecule has 1 aromatic heterocycles. The Morgan fingerprint density at radius 3 is 2.48 bits per heavy atom. The van der Waals surface area contributed by atoms with Crippen LogP contribution in [0.25, 0.3) is 0 Å². The Labute approximate surface area is 158 Å². The number of furan rings is 1. The summed E-state index contributed by atoms with van der Waals surface area (Å²) in [5, 5.41) is 0. The molecule has 1 fully saturated rings. The Kier molecular flexibility index (Phi) is 5.21. The van der Waals surface area contributed by atoms with Crippen molar-refractivity contribution < 1.29 is 18.8 Å². The third-order valence-electron chi connectivity index (χ3n) is 4.82. The van der Waals surface area contributed by atoms with E-state index in [0.717, 1.165) is 44.2 Å². The standard InChI is InChI=1S/C22H22N2O3/c25-22(21-10-5-15-26-21)24-13-11-23(12-14-24)17-18-6-4-9-20(16-18)27-19-7-2-1-3-8-19/h1-10,15-16H,11-14,17H2/p+1. The molecule has 5 heteroatoms. The second-order valence-corrected chi connectivity index (χ2v) is 6.76. The summed E-state index contributed by atoms with van der Waals surface area (Å²) in [4.78, 5) is 15.7. The van der Waals surface area contributed by atoms with Gasteiger partial charge in [0.2, 0.25) is 0 Å². The predicted molar refractivity (Wildman–Crippen MR) is 102 cm³/mol. The first kappa shape index (κ1) is 17.4. The smallest absolute Gasteiger partial charge is 0.289 e. The number of carbonyl (C=O) groups is 1. The van der Waals surface area contributed by atoms with Crippen molar-refractivity contribution >= 4 is 5.91 Å². The molecule has 2 heterocycles. The van der Waals surface area contributed by atoms with Crippen LogP contribution >= 0.6 is 0 Å². The predicted octanol–water partition coefficient (Wildman–Crippen LogP) is 2.61. The number of hydrogen-bond acceptors (Lipinski definition) is 3. The van der Waals surface area contributed by atoms with Crippen molar-refractivity contribution in [3.8, 4) is 11.5 Å². The SMILES string of the molecule is O=C(c1ccco1)N1CC[NH+](Cc2cccc(Oc3ccccc3)c2)CC1. The van der Waals surface area contributed by atoms with Gasteiger partial charge in [0.15, 0.2) is 5.76 Å². The van der Waals surface area contributed by atoms with Crippen molar-refractivity contribution in [2.75, 3.05) is 26.2 Å². The van der Waals surface area contributed by atoms with Gasteiger partial charge in [-0.25, -0.2) is 0 Å². The molecule has 1 N–H and O–H groups in total. The van der Waals surface area contributed by atoms with Crippen LogP contribution in [0.5, 0.6) is 11.5 Å². The Morgan fingerprint density at radius 2 is 1.74 bits per heavy atom. The molecule has 0 unspecified atom stereocenters. The van der Waals surface area contributed by atoms with Gasteiger partial charge in [-0.05, 0) is 36.4 Å². The molecule has 0 aliphatic carbocycles. The van der Waals surface area contributed by atoms with Crippen LogP contribution in [0.2, 0.25) is 0 Å². The fourth-order valence-corrected chi connectivity index (χ4v) is 3.39. The molecule has 138 valence electrons. The molecule has 4 rings (SSSR count). The average Bonchev–Trinajstić information content (AvgIpc) is 3.24. The molecule has 0 radical (unpaired) electrons. The van der Waals surface area contributed by atoms with E-state index in [0.29, 0.717) is 5.76 Å². The van der Waals surface area contributed by atoms with Gasteiger partial charge in [-0.1, -0.05) is 30.3 Å². The summed E-state index contributed by atoms with van der Waals surface area (Å²) in [6.07, 6.45) is 1.54. The minimum atomic E-state index is -0.0164. The molecule has 27 heavy (non-hydrogen) atoms. The van der Waals surface area contributed by atoms with E-state index in [1.54, 1.807) is 18.4 Å². The molecular formula is C22H23N2O3+. The first-order valence-corrected chi connectivity index (χ1v) is 9.26. The number of nitrogens with one attached hydrogen (secondary N) is 1. The number of quaternary nitrogens is 1. The highest BCUT2D eigenvalue weighted by Crippen LogP contribution is 2.21. The minimum absolute atomic E-state index is 0.0164. The summed E-state index contributed by atoms with van der Waals surface area (Å²) in [6.45, 7) is 4.27. The fraction of sp³-hybridized carbons (Fsp3) is 0.227. The largest absolute Gasteiger partial charge is 0.459 e. The monoisotopic (exact) mass is 363 g/mol. The molecule has 0 spiro atoms. The van der Waals surface area contributed by atoms with Crippen molar-refractivity contribution in [3.05, 3.63) is 84.3 Å². The van der Waals surface area contributed by atoms with Gasteiger partial charge in [0.05, 0.1) is 32.4 Å². The number of rotatable bonds is 5. The molecule has 2 aromatic carbocycles. The number of piperazine rings is 1. The number of ether oxygens (including phenoxy) is 1. The zero-order valence-corrected chi connectivity index (χ0v) is 15.1. The Morgan fingerprint density at radius 1 is 0.963 bits per heavy atom. The second-order valence-electron chi connectivity index (χ2n) is 6.76. The lowest BCUT2D eigenvalue weighted by Crippen LogP contribution is -3.13. The maximum Gasteiger partial charge on any atom is 0.289 e. The number of benzene rings is 2. The number of para-hydroxylation sites is 1. The lowest BCUT2D eigenvalue weighted by molar-refractivity contribution is -0.917. The van der Waals surface area contributed by atoms with Crippen LogP contribution < -0.4 is 9.64 Å². The van der Waals surface area contributed by atoms with E-state index in [9.17, 15) is 4.79 Å². The van der Waals surface area contributed by atoms with E-state index >= 15 is 0 Å². The van der Waals surface area contributed by atoms with Crippen molar-refractivity contribution in [2.45, 2.75) is 6.54 Å². The van der Waals surface area contributed by atoms with E-state index in [4.69, 9.17) is 9.15 Å². The van der Waals surface area contributed by atoms with Crippen LogP contribution in [0.4, 0.5) is 0 Å². The molecule has 0 saturated carbocycles. The van der Waals surface area contributed by atoms with Crippen molar-refractivity contribution in [3.63, 3.8) is 0 Å². The van der Waals surface area contributed by atoms with Crippen LogP contribution in [-0.2, 0) is 6.54 Å². The molecular weight excluding hydrogens is 340 g/mol. The van der Waals surface area contributed by atoms with Gasteiger partial charge >= 0.3 is 0 Å². The summed E-state index contributed by atoms with van der Waals surface area (Å²) in [5.41, 5.74) is 1.24. The quantitative estimate of drug-likeness (QED) is 0.758. The number of nitrogens with zero attached hydrogens (tertiary/aromatic N) is 1. The number of carbonyl (C=O) groups excluding carboxylic acids is 1. The topological polar surface area (TPSA) is 47.1 Å². The Hall–Kier alpha value is -3.05. The van der Waals surface area contributed by atoms with Crippen molar-refractivity contribution in [1.29, 1.82) is 0 Å². The van der Waals surface area contributed by atoms with Gasteiger partial charge in [0.25, 0.3) is 5.91 Å². The number of hydrogen-bond donors (Lipinski definition) is 1. The first-order valence-electron chi connectivity index (χ1n) is 9.26. The van der Waals surface area contributed by atoms with E-state index in [1.807, 2.05) is 47.4 Å². The van der Waals surface area contributed by atoms with Gasteiger partial charge in [0, 0.05) is 5.56 Å². The third kappa shape index (κ3) is 4.38. The summed E-state index contributed by atoms with van der Waals surface area (Å²) in [6, 6.07) is 21.5. The maximum absolute atomic E-state index is 12.4. The fourth-order valence-electron chi connectivity index (χ4n) is 3.39. The Bertz CT molecular complexity index is 870. The van der Waals surface area contributed by atoms with Crippen LogP contribution in [0, 0.1) is 0 Å². The maximum atomic E-state index is 12.4. The zero-order chi connectivity index (χ0) is 18.5. The van der Waals surface area contributed by atoms with E-state index < -0.39 is 0 Å². The summed E-state index contributed by atoms with van der Waals surface area (Å²) in [7, 11) is 0. The summed E-state index contributed by atoms with van der Waals surface area (Å²) >= 11 is 0. The zero-order valence-electron chi connectivity index (χ0n) is 15.1. The van der Waals surface area contributed by atoms with Crippen LogP contribution in [0.1, 0.15) is 16.1 Å². The van der Waals surface area contributed by atoms with Crippen LogP contribution in [0.15, 0.2) is 77.4 Å². The molecule has 1 saturated heterocycles. The van der Waals surface area contributed by atoms with Crippen molar-refractivity contribution in [2.24, 2.45) is 0 Å². The molecule has 3 aromatic rings. The second kappa shape index (κ2) is 8.10. The molecule has 0 atom stereocenters. The molecule has 1 amide bonds. The average molecular weight is 363 g/mol. The third-order valence-corrected chi connectivity index (χ3v) is 4.82. The normalized spacial score (nSPS) is 14.9. The number of amides is 1. The van der Waals surface area contributed by atoms with Gasteiger partial charge in [-0.15, -0.1) is 0 Å². The highest BCUT2D eigenvalue weighted by molar-refractivity contribution is 5.91. The molecule has 1 aliphatic rings.